The average Bonchev–Trinajstić information content (AvgIpc) is 3.16. The first kappa shape index (κ1) is 22.0. The van der Waals surface area contributed by atoms with Crippen molar-refractivity contribution in [3.8, 4) is 0 Å². The van der Waals surface area contributed by atoms with Crippen molar-refractivity contribution in [2.45, 2.75) is 71.3 Å². The minimum atomic E-state index is -0.559. The first-order valence-electron chi connectivity index (χ1n) is 11.5. The fourth-order valence-electron chi connectivity index (χ4n) is 6.31. The number of rotatable bonds is 4. The topological polar surface area (TPSA) is 85.7 Å². The number of carbonyl (C=O) groups is 1. The Hall–Kier alpha value is -1.18. The Morgan fingerprint density at radius 3 is 2.63 bits per heavy atom. The van der Waals surface area contributed by atoms with Crippen molar-refractivity contribution in [3.63, 3.8) is 0 Å². The van der Waals surface area contributed by atoms with Crippen LogP contribution in [0.15, 0.2) is 0 Å². The lowest BCUT2D eigenvalue weighted by Crippen LogP contribution is -2.57. The zero-order valence-electron chi connectivity index (χ0n) is 18.8. The quantitative estimate of drug-likeness (QED) is 0.676. The molecule has 2 aliphatic carbocycles. The number of piperidine rings is 1. The van der Waals surface area contributed by atoms with Crippen LogP contribution in [0.1, 0.15) is 69.4 Å². The summed E-state index contributed by atoms with van der Waals surface area (Å²) in [6.45, 7) is 8.23. The molecular formula is C23H37N3O3S. The van der Waals surface area contributed by atoms with Crippen molar-refractivity contribution in [2.75, 3.05) is 32.1 Å². The van der Waals surface area contributed by atoms with Crippen LogP contribution in [0.3, 0.4) is 0 Å². The van der Waals surface area contributed by atoms with Gasteiger partial charge in [-0.15, -0.1) is 11.3 Å². The highest BCUT2D eigenvalue weighted by molar-refractivity contribution is 7.15. The zero-order valence-corrected chi connectivity index (χ0v) is 19.6. The monoisotopic (exact) mass is 435 g/mol. The Bertz CT molecular complexity index is 791. The van der Waals surface area contributed by atoms with Crippen LogP contribution >= 0.6 is 11.3 Å². The second kappa shape index (κ2) is 8.06. The van der Waals surface area contributed by atoms with Crippen molar-refractivity contribution >= 4 is 22.4 Å². The molecule has 2 fully saturated rings. The van der Waals surface area contributed by atoms with Gasteiger partial charge in [-0.05, 0) is 49.4 Å². The lowest BCUT2D eigenvalue weighted by atomic mass is 9.47. The van der Waals surface area contributed by atoms with Crippen LogP contribution in [0.25, 0.3) is 0 Å². The van der Waals surface area contributed by atoms with Crippen LogP contribution in [0.5, 0.6) is 0 Å². The SMILES string of the molecule is CNc1nc2c(s1)C[C@H]1[C@](C)(CO)[C@H](O)CC[C@@]1(C)[C@H]2CC(=O)N1CCC(C)CC1. The Kier molecular flexibility index (Phi) is 5.92. The minimum absolute atomic E-state index is 0.0230. The molecule has 7 heteroatoms. The van der Waals surface area contributed by atoms with Gasteiger partial charge in [0, 0.05) is 42.8 Å². The second-order valence-electron chi connectivity index (χ2n) is 10.4. The highest BCUT2D eigenvalue weighted by atomic mass is 32.1. The number of fused-ring (bicyclic) bond motifs is 2. The predicted molar refractivity (Wildman–Crippen MR) is 120 cm³/mol. The number of carbonyl (C=O) groups excluding carboxylic acids is 1. The van der Waals surface area contributed by atoms with E-state index in [0.29, 0.717) is 18.8 Å². The molecule has 1 amide bonds. The number of thiazole rings is 1. The molecule has 1 aromatic heterocycles. The molecule has 3 N–H and O–H groups in total. The van der Waals surface area contributed by atoms with Gasteiger partial charge >= 0.3 is 0 Å². The first-order chi connectivity index (χ1) is 14.2. The fraction of sp³-hybridized carbons (Fsp3) is 0.826. The van der Waals surface area contributed by atoms with E-state index in [1.807, 2.05) is 18.9 Å². The van der Waals surface area contributed by atoms with Crippen LogP contribution in [0.4, 0.5) is 5.13 Å². The van der Waals surface area contributed by atoms with Gasteiger partial charge < -0.3 is 20.4 Å². The van der Waals surface area contributed by atoms with E-state index in [0.717, 1.165) is 49.6 Å². The highest BCUT2D eigenvalue weighted by Gasteiger charge is 2.59. The van der Waals surface area contributed by atoms with Gasteiger partial charge in [0.1, 0.15) is 0 Å². The van der Waals surface area contributed by atoms with E-state index >= 15 is 0 Å². The van der Waals surface area contributed by atoms with Crippen LogP contribution in [0.2, 0.25) is 0 Å². The summed E-state index contributed by atoms with van der Waals surface area (Å²) >= 11 is 1.66. The van der Waals surface area contributed by atoms with Crippen molar-refractivity contribution in [3.05, 3.63) is 10.6 Å². The molecule has 0 radical (unpaired) electrons. The highest BCUT2D eigenvalue weighted by Crippen LogP contribution is 2.62. The maximum atomic E-state index is 13.4. The van der Waals surface area contributed by atoms with E-state index in [2.05, 4.69) is 19.2 Å². The van der Waals surface area contributed by atoms with Crippen LogP contribution in [0, 0.1) is 22.7 Å². The zero-order chi connectivity index (χ0) is 21.7. The molecular weight excluding hydrogens is 398 g/mol. The summed E-state index contributed by atoms with van der Waals surface area (Å²) in [4.78, 5) is 21.5. The Morgan fingerprint density at radius 1 is 1.30 bits per heavy atom. The maximum absolute atomic E-state index is 13.4. The molecule has 1 aliphatic heterocycles. The molecule has 6 nitrogen and oxygen atoms in total. The van der Waals surface area contributed by atoms with E-state index in [1.165, 1.54) is 4.88 Å². The second-order valence-corrected chi connectivity index (χ2v) is 11.5. The summed E-state index contributed by atoms with van der Waals surface area (Å²) in [5.74, 6) is 1.07. The molecule has 1 saturated carbocycles. The summed E-state index contributed by atoms with van der Waals surface area (Å²) in [5.41, 5.74) is 0.344. The number of amides is 1. The van der Waals surface area contributed by atoms with Crippen LogP contribution < -0.4 is 5.32 Å². The third-order valence-corrected chi connectivity index (χ3v) is 9.73. The van der Waals surface area contributed by atoms with E-state index in [-0.39, 0.29) is 29.8 Å². The smallest absolute Gasteiger partial charge is 0.223 e. The van der Waals surface area contributed by atoms with Crippen LogP contribution in [-0.4, -0.2) is 58.9 Å². The van der Waals surface area contributed by atoms with Crippen molar-refractivity contribution in [2.24, 2.45) is 22.7 Å². The Morgan fingerprint density at radius 2 is 2.00 bits per heavy atom. The fourth-order valence-corrected chi connectivity index (χ4v) is 7.34. The summed E-state index contributed by atoms with van der Waals surface area (Å²) in [7, 11) is 1.88. The lowest BCUT2D eigenvalue weighted by Gasteiger charge is -2.58. The molecule has 1 aromatic rings. The van der Waals surface area contributed by atoms with Gasteiger partial charge in [0.2, 0.25) is 5.91 Å². The molecule has 0 bridgehead atoms. The van der Waals surface area contributed by atoms with Gasteiger partial charge in [-0.2, -0.15) is 0 Å². The van der Waals surface area contributed by atoms with E-state index in [4.69, 9.17) is 4.98 Å². The lowest BCUT2D eigenvalue weighted by molar-refractivity contribution is -0.147. The van der Waals surface area contributed by atoms with Gasteiger partial charge in [0.15, 0.2) is 5.13 Å². The predicted octanol–water partition coefficient (Wildman–Crippen LogP) is 3.25. The number of likely N-dealkylation sites (tertiary alicyclic amines) is 1. The summed E-state index contributed by atoms with van der Waals surface area (Å²) in [6.07, 6.45) is 4.44. The number of aromatic nitrogens is 1. The number of hydrogen-bond donors (Lipinski definition) is 3. The van der Waals surface area contributed by atoms with Gasteiger partial charge in [-0.3, -0.25) is 4.79 Å². The third-order valence-electron chi connectivity index (χ3n) is 8.62. The van der Waals surface area contributed by atoms with Crippen LogP contribution in [-0.2, 0) is 11.2 Å². The van der Waals surface area contributed by atoms with E-state index in [1.54, 1.807) is 11.3 Å². The molecule has 5 atom stereocenters. The van der Waals surface area contributed by atoms with Crippen molar-refractivity contribution in [1.82, 2.24) is 9.88 Å². The molecule has 2 heterocycles. The standard InChI is InChI=1S/C23H37N3O3S/c1-14-6-9-26(10-7-14)19(29)11-15-20-16(30-21(24-4)25-20)12-17-22(15,2)8-5-18(28)23(17,3)13-27/h14-15,17-18,27-28H,5-13H2,1-4H3,(H,24,25)/t15-,17+,18+,22-,23-/m0/s1. The summed E-state index contributed by atoms with van der Waals surface area (Å²) < 4.78 is 0. The number of nitrogens with one attached hydrogen (secondary N) is 1. The normalized spacial score (nSPS) is 36.9. The summed E-state index contributed by atoms with van der Waals surface area (Å²) in [6, 6.07) is 0. The number of nitrogens with zero attached hydrogens (tertiary/aromatic N) is 2. The number of anilines is 1. The van der Waals surface area contributed by atoms with Gasteiger partial charge in [0.25, 0.3) is 0 Å². The van der Waals surface area contributed by atoms with Crippen molar-refractivity contribution < 1.29 is 15.0 Å². The maximum Gasteiger partial charge on any atom is 0.223 e. The largest absolute Gasteiger partial charge is 0.396 e. The third kappa shape index (κ3) is 3.47. The van der Waals surface area contributed by atoms with E-state index < -0.39 is 11.5 Å². The first-order valence-corrected chi connectivity index (χ1v) is 12.3. The molecule has 1 saturated heterocycles. The van der Waals surface area contributed by atoms with Gasteiger partial charge in [-0.1, -0.05) is 20.8 Å². The average molecular weight is 436 g/mol. The Labute approximate surface area is 184 Å². The molecule has 4 rings (SSSR count). The molecule has 168 valence electrons. The molecule has 0 aromatic carbocycles. The minimum Gasteiger partial charge on any atom is -0.396 e. The molecule has 3 aliphatic rings. The molecule has 0 unspecified atom stereocenters. The number of aliphatic hydroxyl groups is 2. The van der Waals surface area contributed by atoms with Gasteiger partial charge in [0.05, 0.1) is 18.4 Å². The summed E-state index contributed by atoms with van der Waals surface area (Å²) in [5, 5.41) is 25.2. The van der Waals surface area contributed by atoms with Crippen molar-refractivity contribution in [1.29, 1.82) is 0 Å². The van der Waals surface area contributed by atoms with Gasteiger partial charge in [-0.25, -0.2) is 4.98 Å². The Balaban J connectivity index is 1.69. The molecule has 30 heavy (non-hydrogen) atoms. The number of aliphatic hydroxyl groups excluding tert-OH is 2. The number of hydrogen-bond acceptors (Lipinski definition) is 6. The molecule has 0 spiro atoms. The van der Waals surface area contributed by atoms with E-state index in [9.17, 15) is 15.0 Å².